The first-order chi connectivity index (χ1) is 15.9. The second kappa shape index (κ2) is 11.7. The molecule has 9 heteroatoms. The average Bonchev–Trinajstić information content (AvgIpc) is 2.94. The van der Waals surface area contributed by atoms with Crippen LogP contribution in [0.25, 0.3) is 0 Å². The third kappa shape index (κ3) is 6.49. The molecule has 3 N–H and O–H groups in total. The van der Waals surface area contributed by atoms with Crippen LogP contribution < -0.4 is 20.7 Å². The van der Waals surface area contributed by atoms with Crippen molar-refractivity contribution < 1.29 is 23.9 Å². The number of nitrogens with zero attached hydrogens (tertiary/aromatic N) is 1. The Morgan fingerprint density at radius 2 is 1.94 bits per heavy atom. The fourth-order valence-electron chi connectivity index (χ4n) is 3.58. The van der Waals surface area contributed by atoms with E-state index in [2.05, 4.69) is 5.32 Å². The Labute approximate surface area is 197 Å². The molecule has 0 bridgehead atoms. The number of aryl methyl sites for hydroxylation is 1. The lowest BCUT2D eigenvalue weighted by Crippen LogP contribution is -2.50. The zero-order chi connectivity index (χ0) is 23.8. The molecule has 0 saturated carbocycles. The molecule has 33 heavy (non-hydrogen) atoms. The molecule has 0 radical (unpaired) electrons. The maximum Gasteiger partial charge on any atom is 0.250 e. The molecule has 1 aliphatic rings. The van der Waals surface area contributed by atoms with E-state index in [1.165, 1.54) is 18.9 Å². The monoisotopic (exact) mass is 471 g/mol. The summed E-state index contributed by atoms with van der Waals surface area (Å²) in [6.45, 7) is 0.721. The summed E-state index contributed by atoms with van der Waals surface area (Å²) in [5, 5.41) is 2.83. The molecule has 3 amide bonds. The quantitative estimate of drug-likeness (QED) is 0.550. The second-order valence-corrected chi connectivity index (χ2v) is 8.72. The standard InChI is InChI=1S/C24H29N3O5S/c1-31-13-11-22(28)26-19-15-33-21-10-7-17(23(25)29)14-20(21)27(24(19)30)12-3-4-16-5-8-18(32-2)9-6-16/h5-10,14,19H,3-4,11-13,15H2,1-2H3,(H2,25,29)(H,26,28)/t19-/m0/s1. The number of primary amides is 1. The zero-order valence-electron chi connectivity index (χ0n) is 18.8. The summed E-state index contributed by atoms with van der Waals surface area (Å²) in [5.41, 5.74) is 7.59. The molecule has 1 atom stereocenters. The first-order valence-electron chi connectivity index (χ1n) is 10.7. The molecule has 1 heterocycles. The van der Waals surface area contributed by atoms with Gasteiger partial charge in [0.1, 0.15) is 11.8 Å². The zero-order valence-corrected chi connectivity index (χ0v) is 19.7. The predicted octanol–water partition coefficient (Wildman–Crippen LogP) is 2.39. The van der Waals surface area contributed by atoms with Crippen LogP contribution in [0.4, 0.5) is 5.69 Å². The van der Waals surface area contributed by atoms with Crippen molar-refractivity contribution in [2.24, 2.45) is 5.73 Å². The van der Waals surface area contributed by atoms with Gasteiger partial charge in [0.2, 0.25) is 17.7 Å². The van der Waals surface area contributed by atoms with Gasteiger partial charge in [0.15, 0.2) is 0 Å². The summed E-state index contributed by atoms with van der Waals surface area (Å²) in [6, 6.07) is 12.3. The molecule has 3 rings (SSSR count). The molecule has 1 aliphatic heterocycles. The van der Waals surface area contributed by atoms with Crippen molar-refractivity contribution >= 4 is 35.2 Å². The summed E-state index contributed by atoms with van der Waals surface area (Å²) in [6.07, 6.45) is 1.64. The largest absolute Gasteiger partial charge is 0.497 e. The van der Waals surface area contributed by atoms with Gasteiger partial charge in [0.05, 0.1) is 19.4 Å². The summed E-state index contributed by atoms with van der Waals surface area (Å²) >= 11 is 1.47. The van der Waals surface area contributed by atoms with Crippen LogP contribution in [0.5, 0.6) is 5.75 Å². The fourth-order valence-corrected chi connectivity index (χ4v) is 4.64. The summed E-state index contributed by atoms with van der Waals surface area (Å²) < 4.78 is 10.2. The lowest BCUT2D eigenvalue weighted by Gasteiger charge is -2.26. The van der Waals surface area contributed by atoms with E-state index in [9.17, 15) is 14.4 Å². The van der Waals surface area contributed by atoms with Crippen molar-refractivity contribution in [2.45, 2.75) is 30.2 Å². The number of rotatable bonds is 10. The van der Waals surface area contributed by atoms with Crippen molar-refractivity contribution in [1.82, 2.24) is 5.32 Å². The smallest absolute Gasteiger partial charge is 0.250 e. The van der Waals surface area contributed by atoms with Crippen LogP contribution in [-0.4, -0.2) is 56.9 Å². The number of methoxy groups -OCH3 is 2. The molecular formula is C24H29N3O5S. The number of carbonyl (C=O) groups is 3. The third-order valence-electron chi connectivity index (χ3n) is 5.38. The van der Waals surface area contributed by atoms with Gasteiger partial charge in [0.25, 0.3) is 0 Å². The van der Waals surface area contributed by atoms with E-state index in [1.807, 2.05) is 24.3 Å². The van der Waals surface area contributed by atoms with Gasteiger partial charge in [-0.15, -0.1) is 11.8 Å². The SMILES string of the molecule is COCCC(=O)N[C@H]1CSc2ccc(C(N)=O)cc2N(CCCc2ccc(OC)cc2)C1=O. The van der Waals surface area contributed by atoms with Gasteiger partial charge in [-0.1, -0.05) is 12.1 Å². The Hall–Kier alpha value is -3.04. The highest BCUT2D eigenvalue weighted by Gasteiger charge is 2.32. The number of fused-ring (bicyclic) bond motifs is 1. The normalized spacial score (nSPS) is 15.5. The lowest BCUT2D eigenvalue weighted by molar-refractivity contribution is -0.127. The van der Waals surface area contributed by atoms with E-state index >= 15 is 0 Å². The number of hydrogen-bond donors (Lipinski definition) is 2. The van der Waals surface area contributed by atoms with Crippen LogP contribution in [0.15, 0.2) is 47.4 Å². The second-order valence-electron chi connectivity index (χ2n) is 7.66. The topological polar surface area (TPSA) is 111 Å². The van der Waals surface area contributed by atoms with Gasteiger partial charge < -0.3 is 25.4 Å². The van der Waals surface area contributed by atoms with Crippen LogP contribution in [-0.2, 0) is 20.7 Å². The van der Waals surface area contributed by atoms with E-state index in [4.69, 9.17) is 15.2 Å². The number of carbonyl (C=O) groups excluding carboxylic acids is 3. The Kier molecular flexibility index (Phi) is 8.73. The van der Waals surface area contributed by atoms with Gasteiger partial charge >= 0.3 is 0 Å². The van der Waals surface area contributed by atoms with Gasteiger partial charge in [-0.25, -0.2) is 0 Å². The highest BCUT2D eigenvalue weighted by Crippen LogP contribution is 2.35. The first-order valence-corrected chi connectivity index (χ1v) is 11.7. The van der Waals surface area contributed by atoms with Crippen molar-refractivity contribution in [3.8, 4) is 5.75 Å². The molecule has 2 aromatic carbocycles. The maximum absolute atomic E-state index is 13.5. The van der Waals surface area contributed by atoms with Crippen LogP contribution in [0.2, 0.25) is 0 Å². The molecule has 2 aromatic rings. The average molecular weight is 472 g/mol. The Morgan fingerprint density at radius 1 is 1.18 bits per heavy atom. The van der Waals surface area contributed by atoms with Crippen LogP contribution in [0.1, 0.15) is 28.8 Å². The van der Waals surface area contributed by atoms with E-state index in [1.54, 1.807) is 30.2 Å². The number of anilines is 1. The molecule has 0 aromatic heterocycles. The first kappa shape index (κ1) is 24.6. The van der Waals surface area contributed by atoms with Crippen LogP contribution in [0.3, 0.4) is 0 Å². The van der Waals surface area contributed by atoms with Gasteiger partial charge in [-0.3, -0.25) is 14.4 Å². The maximum atomic E-state index is 13.5. The highest BCUT2D eigenvalue weighted by molar-refractivity contribution is 7.99. The number of benzene rings is 2. The summed E-state index contributed by atoms with van der Waals surface area (Å²) in [7, 11) is 3.15. The van der Waals surface area contributed by atoms with Gasteiger partial charge in [-0.05, 0) is 48.7 Å². The van der Waals surface area contributed by atoms with E-state index in [0.29, 0.717) is 30.0 Å². The number of nitrogens with two attached hydrogens (primary N) is 1. The van der Waals surface area contributed by atoms with Crippen molar-refractivity contribution in [1.29, 1.82) is 0 Å². The van der Waals surface area contributed by atoms with Crippen molar-refractivity contribution in [2.75, 3.05) is 38.0 Å². The Bertz CT molecular complexity index is 996. The van der Waals surface area contributed by atoms with Crippen LogP contribution in [0, 0.1) is 0 Å². The molecule has 8 nitrogen and oxygen atoms in total. The molecule has 0 unspecified atom stereocenters. The minimum atomic E-state index is -0.676. The number of nitrogens with one attached hydrogen (secondary N) is 1. The Balaban J connectivity index is 1.79. The summed E-state index contributed by atoms with van der Waals surface area (Å²) in [5.74, 6) is 0.191. The van der Waals surface area contributed by atoms with E-state index in [0.717, 1.165) is 22.6 Å². The number of thioether (sulfide) groups is 1. The molecule has 176 valence electrons. The number of amides is 3. The number of hydrogen-bond acceptors (Lipinski definition) is 6. The minimum absolute atomic E-state index is 0.182. The predicted molar refractivity (Wildman–Crippen MR) is 128 cm³/mol. The van der Waals surface area contributed by atoms with Gasteiger partial charge in [-0.2, -0.15) is 0 Å². The Morgan fingerprint density at radius 3 is 2.61 bits per heavy atom. The molecule has 0 spiro atoms. The van der Waals surface area contributed by atoms with E-state index in [-0.39, 0.29) is 24.8 Å². The molecule has 0 saturated heterocycles. The fraction of sp³-hybridized carbons (Fsp3) is 0.375. The lowest BCUT2D eigenvalue weighted by atomic mass is 10.1. The number of ether oxygens (including phenoxy) is 2. The van der Waals surface area contributed by atoms with Crippen molar-refractivity contribution in [3.05, 3.63) is 53.6 Å². The van der Waals surface area contributed by atoms with Gasteiger partial charge in [0, 0.05) is 36.3 Å². The molecule has 0 aliphatic carbocycles. The third-order valence-corrected chi connectivity index (χ3v) is 6.53. The van der Waals surface area contributed by atoms with Crippen molar-refractivity contribution in [3.63, 3.8) is 0 Å². The summed E-state index contributed by atoms with van der Waals surface area (Å²) in [4.78, 5) is 40.0. The molecular weight excluding hydrogens is 442 g/mol. The minimum Gasteiger partial charge on any atom is -0.497 e. The highest BCUT2D eigenvalue weighted by atomic mass is 32.2. The van der Waals surface area contributed by atoms with Crippen LogP contribution >= 0.6 is 11.8 Å². The van der Waals surface area contributed by atoms with E-state index < -0.39 is 11.9 Å². The molecule has 0 fully saturated rings.